The number of hydrogen-bond donors (Lipinski definition) is 2. The molecule has 0 atom stereocenters. The average Bonchev–Trinajstić information content (AvgIpc) is 3.28. The summed E-state index contributed by atoms with van der Waals surface area (Å²) in [5, 5.41) is 14.6. The van der Waals surface area contributed by atoms with E-state index in [9.17, 15) is 4.79 Å². The van der Waals surface area contributed by atoms with Crippen molar-refractivity contribution in [3.05, 3.63) is 47.8 Å². The fraction of sp³-hybridized carbons (Fsp3) is 0.500. The van der Waals surface area contributed by atoms with Crippen LogP contribution >= 0.6 is 12.4 Å². The maximum Gasteiger partial charge on any atom is 0.273 e. The number of rotatable bonds is 5. The van der Waals surface area contributed by atoms with E-state index in [1.54, 1.807) is 6.20 Å². The zero-order valence-electron chi connectivity index (χ0n) is 14.1. The number of piperidine rings is 1. The summed E-state index contributed by atoms with van der Waals surface area (Å²) in [7, 11) is 0. The molecule has 1 aromatic heterocycles. The van der Waals surface area contributed by atoms with E-state index in [0.717, 1.165) is 38.8 Å². The molecule has 2 aliphatic rings. The van der Waals surface area contributed by atoms with Gasteiger partial charge in [0.05, 0.1) is 12.2 Å². The van der Waals surface area contributed by atoms with Crippen molar-refractivity contribution < 1.29 is 4.79 Å². The SMILES string of the molecule is Cl.O=C(NCC1(c2ccccc2)CC1)c1cn(C2CCNCC2)nn1. The van der Waals surface area contributed by atoms with E-state index in [1.165, 1.54) is 5.56 Å². The summed E-state index contributed by atoms with van der Waals surface area (Å²) in [6.45, 7) is 2.65. The molecule has 1 saturated carbocycles. The quantitative estimate of drug-likeness (QED) is 0.855. The van der Waals surface area contributed by atoms with Crippen LogP contribution in [0.3, 0.4) is 0 Å². The Labute approximate surface area is 153 Å². The molecule has 2 aromatic rings. The smallest absolute Gasteiger partial charge is 0.273 e. The fourth-order valence-corrected chi connectivity index (χ4v) is 3.48. The second-order valence-electron chi connectivity index (χ2n) is 6.89. The Hall–Kier alpha value is -1.92. The number of halogens is 1. The van der Waals surface area contributed by atoms with Gasteiger partial charge in [0.15, 0.2) is 5.69 Å². The van der Waals surface area contributed by atoms with Gasteiger partial charge in [-0.3, -0.25) is 4.79 Å². The van der Waals surface area contributed by atoms with Gasteiger partial charge in [0.1, 0.15) is 0 Å². The second kappa shape index (κ2) is 7.54. The van der Waals surface area contributed by atoms with E-state index >= 15 is 0 Å². The van der Waals surface area contributed by atoms with Crippen LogP contribution in [0.5, 0.6) is 0 Å². The second-order valence-corrected chi connectivity index (χ2v) is 6.89. The highest BCUT2D eigenvalue weighted by atomic mass is 35.5. The van der Waals surface area contributed by atoms with Crippen LogP contribution in [-0.2, 0) is 5.41 Å². The Morgan fingerprint density at radius 2 is 1.96 bits per heavy atom. The molecule has 0 spiro atoms. The number of carbonyl (C=O) groups is 1. The van der Waals surface area contributed by atoms with Crippen LogP contribution in [0, 0.1) is 0 Å². The summed E-state index contributed by atoms with van der Waals surface area (Å²) < 4.78 is 1.85. The lowest BCUT2D eigenvalue weighted by atomic mass is 9.96. The molecule has 4 rings (SSSR count). The van der Waals surface area contributed by atoms with E-state index in [4.69, 9.17) is 0 Å². The van der Waals surface area contributed by atoms with Crippen LogP contribution in [0.1, 0.15) is 47.8 Å². The summed E-state index contributed by atoms with van der Waals surface area (Å²) in [4.78, 5) is 12.4. The number of nitrogens with one attached hydrogen (secondary N) is 2. The van der Waals surface area contributed by atoms with Gasteiger partial charge in [-0.2, -0.15) is 0 Å². The first-order chi connectivity index (χ1) is 11.8. The highest BCUT2D eigenvalue weighted by molar-refractivity contribution is 5.91. The van der Waals surface area contributed by atoms with Gasteiger partial charge in [-0.25, -0.2) is 4.68 Å². The maximum absolute atomic E-state index is 12.4. The summed E-state index contributed by atoms with van der Waals surface area (Å²) in [5.74, 6) is -0.127. The molecule has 1 aliphatic carbocycles. The molecule has 0 radical (unpaired) electrons. The highest BCUT2D eigenvalue weighted by Crippen LogP contribution is 2.47. The zero-order chi connectivity index (χ0) is 16.4. The first-order valence-corrected chi connectivity index (χ1v) is 8.73. The van der Waals surface area contributed by atoms with Gasteiger partial charge in [0.25, 0.3) is 5.91 Å². The number of benzene rings is 1. The summed E-state index contributed by atoms with van der Waals surface area (Å²) in [5.41, 5.74) is 1.84. The van der Waals surface area contributed by atoms with Crippen LogP contribution in [0.2, 0.25) is 0 Å². The number of carbonyl (C=O) groups excluding carboxylic acids is 1. The molecule has 0 unspecified atom stereocenters. The number of hydrogen-bond acceptors (Lipinski definition) is 4. The maximum atomic E-state index is 12.4. The van der Waals surface area contributed by atoms with E-state index in [2.05, 4.69) is 45.2 Å². The largest absolute Gasteiger partial charge is 0.350 e. The zero-order valence-corrected chi connectivity index (χ0v) is 15.0. The lowest BCUT2D eigenvalue weighted by Gasteiger charge is -2.22. The molecule has 1 saturated heterocycles. The van der Waals surface area contributed by atoms with E-state index in [-0.39, 0.29) is 23.7 Å². The molecular weight excluding hydrogens is 338 g/mol. The molecule has 134 valence electrons. The normalized spacial score (nSPS) is 19.0. The molecule has 1 aliphatic heterocycles. The lowest BCUT2D eigenvalue weighted by Crippen LogP contribution is -2.32. The Bertz CT molecular complexity index is 707. The van der Waals surface area contributed by atoms with Crippen LogP contribution in [0.15, 0.2) is 36.5 Å². The molecule has 1 amide bonds. The van der Waals surface area contributed by atoms with Gasteiger partial charge in [-0.1, -0.05) is 35.5 Å². The van der Waals surface area contributed by atoms with Crippen molar-refractivity contribution in [2.45, 2.75) is 37.1 Å². The Kier molecular flexibility index (Phi) is 5.39. The monoisotopic (exact) mass is 361 g/mol. The Morgan fingerprint density at radius 1 is 1.24 bits per heavy atom. The first-order valence-electron chi connectivity index (χ1n) is 8.73. The van der Waals surface area contributed by atoms with Crippen LogP contribution in [0.25, 0.3) is 0 Å². The summed E-state index contributed by atoms with van der Waals surface area (Å²) in [6, 6.07) is 10.8. The van der Waals surface area contributed by atoms with Gasteiger partial charge in [0.2, 0.25) is 0 Å². The van der Waals surface area contributed by atoms with Crippen molar-refractivity contribution in [3.63, 3.8) is 0 Å². The van der Waals surface area contributed by atoms with Crippen LogP contribution in [-0.4, -0.2) is 40.5 Å². The van der Waals surface area contributed by atoms with Crippen molar-refractivity contribution >= 4 is 18.3 Å². The van der Waals surface area contributed by atoms with E-state index < -0.39 is 0 Å². The molecule has 7 heteroatoms. The standard InChI is InChI=1S/C18H23N5O.ClH/c24-17(16-12-23(22-21-16)15-6-10-19-11-7-15)20-13-18(8-9-18)14-4-2-1-3-5-14;/h1-5,12,15,19H,6-11,13H2,(H,20,24);1H. The van der Waals surface area contributed by atoms with Crippen molar-refractivity contribution in [3.8, 4) is 0 Å². The fourth-order valence-electron chi connectivity index (χ4n) is 3.48. The van der Waals surface area contributed by atoms with Crippen LogP contribution in [0.4, 0.5) is 0 Å². The molecule has 2 heterocycles. The molecule has 1 aromatic carbocycles. The van der Waals surface area contributed by atoms with Crippen molar-refractivity contribution in [1.29, 1.82) is 0 Å². The van der Waals surface area contributed by atoms with Gasteiger partial charge in [-0.05, 0) is 44.3 Å². The molecule has 0 bridgehead atoms. The Morgan fingerprint density at radius 3 is 2.64 bits per heavy atom. The minimum absolute atomic E-state index is 0. The lowest BCUT2D eigenvalue weighted by molar-refractivity contribution is 0.0944. The summed E-state index contributed by atoms with van der Waals surface area (Å²) >= 11 is 0. The molecule has 6 nitrogen and oxygen atoms in total. The average molecular weight is 362 g/mol. The molecule has 25 heavy (non-hydrogen) atoms. The Balaban J connectivity index is 0.00000182. The van der Waals surface area contributed by atoms with Crippen molar-refractivity contribution in [2.75, 3.05) is 19.6 Å². The first kappa shape index (κ1) is 17.9. The molecule has 2 N–H and O–H groups in total. The predicted octanol–water partition coefficient (Wildman–Crippen LogP) is 2.09. The van der Waals surface area contributed by atoms with Crippen molar-refractivity contribution in [1.82, 2.24) is 25.6 Å². The highest BCUT2D eigenvalue weighted by Gasteiger charge is 2.44. The topological polar surface area (TPSA) is 71.8 Å². The predicted molar refractivity (Wildman–Crippen MR) is 98.1 cm³/mol. The number of aromatic nitrogens is 3. The third kappa shape index (κ3) is 3.85. The summed E-state index contributed by atoms with van der Waals surface area (Å²) in [6.07, 6.45) is 6.09. The third-order valence-corrected chi connectivity index (χ3v) is 5.25. The number of nitrogens with zero attached hydrogens (tertiary/aromatic N) is 3. The van der Waals surface area contributed by atoms with Gasteiger partial charge >= 0.3 is 0 Å². The van der Waals surface area contributed by atoms with E-state index in [1.807, 2.05) is 10.7 Å². The van der Waals surface area contributed by atoms with Gasteiger partial charge < -0.3 is 10.6 Å². The number of amides is 1. The molecule has 2 fully saturated rings. The van der Waals surface area contributed by atoms with Gasteiger partial charge in [-0.15, -0.1) is 17.5 Å². The van der Waals surface area contributed by atoms with Crippen LogP contribution < -0.4 is 10.6 Å². The minimum atomic E-state index is -0.127. The van der Waals surface area contributed by atoms with Gasteiger partial charge in [0, 0.05) is 12.0 Å². The minimum Gasteiger partial charge on any atom is -0.350 e. The third-order valence-electron chi connectivity index (χ3n) is 5.25. The molecular formula is C18H24ClN5O. The van der Waals surface area contributed by atoms with Crippen molar-refractivity contribution in [2.24, 2.45) is 0 Å². The van der Waals surface area contributed by atoms with E-state index in [0.29, 0.717) is 18.3 Å².